The van der Waals surface area contributed by atoms with Crippen LogP contribution in [-0.4, -0.2) is 28.3 Å². The van der Waals surface area contributed by atoms with E-state index in [1.807, 2.05) is 0 Å². The molecule has 106 valence electrons. The number of nitrogens with one attached hydrogen (secondary N) is 1. The summed E-state index contributed by atoms with van der Waals surface area (Å²) in [4.78, 5) is 6.59. The average molecular weight is 271 g/mol. The molecule has 0 spiro atoms. The third-order valence-corrected chi connectivity index (χ3v) is 3.25. The second kappa shape index (κ2) is 6.32. The van der Waals surface area contributed by atoms with E-state index in [0.29, 0.717) is 5.95 Å². The van der Waals surface area contributed by atoms with Gasteiger partial charge in [-0.25, -0.2) is 0 Å². The van der Waals surface area contributed by atoms with Crippen molar-refractivity contribution in [2.45, 2.75) is 27.7 Å². The van der Waals surface area contributed by atoms with Crippen LogP contribution in [0.1, 0.15) is 25.0 Å². The predicted octanol–water partition coefficient (Wildman–Crippen LogP) is 3.08. The van der Waals surface area contributed by atoms with Crippen LogP contribution in [0.4, 0.5) is 17.5 Å². The molecule has 0 aliphatic heterocycles. The van der Waals surface area contributed by atoms with Gasteiger partial charge in [0, 0.05) is 18.8 Å². The third-order valence-electron chi connectivity index (χ3n) is 3.25. The molecule has 0 aliphatic rings. The summed E-state index contributed by atoms with van der Waals surface area (Å²) in [6.45, 7) is 10.0. The first-order valence-corrected chi connectivity index (χ1v) is 6.93. The summed E-state index contributed by atoms with van der Waals surface area (Å²) in [5, 5.41) is 11.4. The van der Waals surface area contributed by atoms with Crippen molar-refractivity contribution in [3.8, 4) is 0 Å². The number of nitrogens with zero attached hydrogens (tertiary/aromatic N) is 4. The van der Waals surface area contributed by atoms with Crippen molar-refractivity contribution in [3.63, 3.8) is 0 Å². The fourth-order valence-electron chi connectivity index (χ4n) is 2.00. The van der Waals surface area contributed by atoms with Crippen molar-refractivity contribution in [1.29, 1.82) is 0 Å². The van der Waals surface area contributed by atoms with Gasteiger partial charge < -0.3 is 10.2 Å². The number of hydrogen-bond donors (Lipinski definition) is 1. The Balaban J connectivity index is 2.25. The second-order valence-corrected chi connectivity index (χ2v) is 4.76. The maximum atomic E-state index is 4.52. The molecule has 0 aliphatic carbocycles. The van der Waals surface area contributed by atoms with E-state index in [1.165, 1.54) is 11.1 Å². The number of benzene rings is 1. The summed E-state index contributed by atoms with van der Waals surface area (Å²) >= 11 is 0. The Hall–Kier alpha value is -2.17. The normalized spacial score (nSPS) is 10.4. The molecule has 2 aromatic rings. The number of hydrogen-bond acceptors (Lipinski definition) is 5. The van der Waals surface area contributed by atoms with Gasteiger partial charge in [-0.1, -0.05) is 12.1 Å². The van der Waals surface area contributed by atoms with Gasteiger partial charge in [-0.2, -0.15) is 10.1 Å². The molecule has 5 nitrogen and oxygen atoms in total. The van der Waals surface area contributed by atoms with Crippen molar-refractivity contribution >= 4 is 17.5 Å². The van der Waals surface area contributed by atoms with Gasteiger partial charge in [0.2, 0.25) is 5.95 Å². The van der Waals surface area contributed by atoms with Crippen molar-refractivity contribution in [2.24, 2.45) is 0 Å². The van der Waals surface area contributed by atoms with Gasteiger partial charge in [-0.05, 0) is 44.9 Å². The molecule has 2 rings (SSSR count). The highest BCUT2D eigenvalue weighted by atomic mass is 15.3. The summed E-state index contributed by atoms with van der Waals surface area (Å²) in [7, 11) is 0. The first-order chi connectivity index (χ1) is 9.63. The summed E-state index contributed by atoms with van der Waals surface area (Å²) in [5.41, 5.74) is 3.44. The van der Waals surface area contributed by atoms with Crippen LogP contribution in [0.5, 0.6) is 0 Å². The third kappa shape index (κ3) is 3.23. The lowest BCUT2D eigenvalue weighted by Gasteiger charge is -2.18. The topological polar surface area (TPSA) is 53.9 Å². The quantitative estimate of drug-likeness (QED) is 0.905. The molecule has 0 bridgehead atoms. The van der Waals surface area contributed by atoms with Gasteiger partial charge in [0.25, 0.3) is 0 Å². The van der Waals surface area contributed by atoms with Gasteiger partial charge in [0.15, 0.2) is 5.82 Å². The maximum absolute atomic E-state index is 4.52. The van der Waals surface area contributed by atoms with Gasteiger partial charge in [-0.15, -0.1) is 5.10 Å². The van der Waals surface area contributed by atoms with Crippen LogP contribution >= 0.6 is 0 Å². The van der Waals surface area contributed by atoms with Gasteiger partial charge in [0.05, 0.1) is 6.20 Å². The van der Waals surface area contributed by atoms with E-state index in [9.17, 15) is 0 Å². The molecular weight excluding hydrogens is 250 g/mol. The van der Waals surface area contributed by atoms with Gasteiger partial charge in [0.1, 0.15) is 0 Å². The van der Waals surface area contributed by atoms with Crippen LogP contribution in [0, 0.1) is 13.8 Å². The molecule has 0 radical (unpaired) electrons. The molecular formula is C15H21N5. The lowest BCUT2D eigenvalue weighted by atomic mass is 10.1. The molecule has 0 amide bonds. The molecule has 5 heteroatoms. The first kappa shape index (κ1) is 14.2. The van der Waals surface area contributed by atoms with Crippen molar-refractivity contribution in [2.75, 3.05) is 23.3 Å². The molecule has 20 heavy (non-hydrogen) atoms. The lowest BCUT2D eigenvalue weighted by Crippen LogP contribution is -2.24. The van der Waals surface area contributed by atoms with E-state index in [2.05, 4.69) is 71.3 Å². The number of anilines is 3. The standard InChI is InChI=1S/C15H21N5/c1-5-20(6-2)15-18-14(10-16-19-15)17-13-9-11(3)7-8-12(13)4/h7-10H,5-6H2,1-4H3,(H,17,18,19). The van der Waals surface area contributed by atoms with Crippen LogP contribution < -0.4 is 10.2 Å². The molecule has 1 N–H and O–H groups in total. The maximum Gasteiger partial charge on any atom is 0.247 e. The zero-order valence-corrected chi connectivity index (χ0v) is 12.5. The zero-order chi connectivity index (χ0) is 14.5. The Labute approximate surface area is 120 Å². The summed E-state index contributed by atoms with van der Waals surface area (Å²) in [6.07, 6.45) is 1.65. The van der Waals surface area contributed by atoms with Crippen LogP contribution in [0.15, 0.2) is 24.4 Å². The molecule has 1 aromatic heterocycles. The van der Waals surface area contributed by atoms with Crippen LogP contribution in [0.3, 0.4) is 0 Å². The monoisotopic (exact) mass is 271 g/mol. The highest BCUT2D eigenvalue weighted by Gasteiger charge is 2.08. The number of aromatic nitrogens is 3. The highest BCUT2D eigenvalue weighted by Crippen LogP contribution is 2.20. The molecule has 0 atom stereocenters. The van der Waals surface area contributed by atoms with Gasteiger partial charge in [-0.3, -0.25) is 0 Å². The number of aryl methyl sites for hydroxylation is 2. The van der Waals surface area contributed by atoms with E-state index in [1.54, 1.807) is 6.20 Å². The smallest absolute Gasteiger partial charge is 0.247 e. The van der Waals surface area contributed by atoms with E-state index >= 15 is 0 Å². The second-order valence-electron chi connectivity index (χ2n) is 4.76. The van der Waals surface area contributed by atoms with E-state index < -0.39 is 0 Å². The van der Waals surface area contributed by atoms with Crippen LogP contribution in [-0.2, 0) is 0 Å². The summed E-state index contributed by atoms with van der Waals surface area (Å²) in [5.74, 6) is 1.38. The molecule has 0 fully saturated rings. The van der Waals surface area contributed by atoms with Crippen LogP contribution in [0.2, 0.25) is 0 Å². The molecule has 0 unspecified atom stereocenters. The van der Waals surface area contributed by atoms with Crippen molar-refractivity contribution in [1.82, 2.24) is 15.2 Å². The van der Waals surface area contributed by atoms with Crippen molar-refractivity contribution in [3.05, 3.63) is 35.5 Å². The highest BCUT2D eigenvalue weighted by molar-refractivity contribution is 5.61. The number of rotatable bonds is 5. The Bertz CT molecular complexity index is 578. The molecule has 1 heterocycles. The minimum atomic E-state index is 0.658. The first-order valence-electron chi connectivity index (χ1n) is 6.93. The Kier molecular flexibility index (Phi) is 4.50. The Morgan fingerprint density at radius 2 is 1.90 bits per heavy atom. The fourth-order valence-corrected chi connectivity index (χ4v) is 2.00. The van der Waals surface area contributed by atoms with E-state index in [4.69, 9.17) is 0 Å². The fraction of sp³-hybridized carbons (Fsp3) is 0.400. The molecule has 0 saturated heterocycles. The average Bonchev–Trinajstić information content (AvgIpc) is 2.45. The minimum Gasteiger partial charge on any atom is -0.340 e. The Morgan fingerprint density at radius 3 is 2.60 bits per heavy atom. The largest absolute Gasteiger partial charge is 0.340 e. The SMILES string of the molecule is CCN(CC)c1nncc(Nc2cc(C)ccc2C)n1. The van der Waals surface area contributed by atoms with E-state index in [-0.39, 0.29) is 0 Å². The van der Waals surface area contributed by atoms with Crippen LogP contribution in [0.25, 0.3) is 0 Å². The molecule has 0 saturated carbocycles. The van der Waals surface area contributed by atoms with Crippen molar-refractivity contribution < 1.29 is 0 Å². The van der Waals surface area contributed by atoms with E-state index in [0.717, 1.165) is 24.6 Å². The zero-order valence-electron chi connectivity index (χ0n) is 12.5. The summed E-state index contributed by atoms with van der Waals surface area (Å²) < 4.78 is 0. The van der Waals surface area contributed by atoms with Gasteiger partial charge >= 0.3 is 0 Å². The summed E-state index contributed by atoms with van der Waals surface area (Å²) in [6, 6.07) is 6.30. The molecule has 1 aromatic carbocycles. The predicted molar refractivity (Wildman–Crippen MR) is 82.6 cm³/mol. The lowest BCUT2D eigenvalue weighted by molar-refractivity contribution is 0.796. The minimum absolute atomic E-state index is 0.658. The Morgan fingerprint density at radius 1 is 1.15 bits per heavy atom.